The van der Waals surface area contributed by atoms with Crippen molar-refractivity contribution in [2.75, 3.05) is 6.54 Å². The van der Waals surface area contributed by atoms with Gasteiger partial charge in [0.1, 0.15) is 0 Å². The van der Waals surface area contributed by atoms with Gasteiger partial charge >= 0.3 is 11.9 Å². The van der Waals surface area contributed by atoms with E-state index in [0.717, 1.165) is 13.0 Å². The van der Waals surface area contributed by atoms with Gasteiger partial charge in [-0.25, -0.2) is 9.59 Å². The lowest BCUT2D eigenvalue weighted by molar-refractivity contribution is -0.134. The number of hydrogen-bond donors (Lipinski definition) is 4. The zero-order chi connectivity index (χ0) is 21.8. The smallest absolute Gasteiger partial charge is 0.328 e. The SMILES string of the molecule is C1=CC2=C3CCC=C4NCC(=C43)CC2C(Cc2ccccc2)N1.O=C(O)/C=C\C(=O)O. The number of allylic oxidation sites excluding steroid dienone is 3. The number of benzene rings is 1. The summed E-state index contributed by atoms with van der Waals surface area (Å²) in [6, 6.07) is 11.4. The Bertz CT molecular complexity index is 1010. The maximum Gasteiger partial charge on any atom is 0.328 e. The summed E-state index contributed by atoms with van der Waals surface area (Å²) in [6.07, 6.45) is 12.7. The maximum atomic E-state index is 9.55. The Morgan fingerprint density at radius 1 is 1.10 bits per heavy atom. The standard InChI is InChI=1S/C21H22N2.C4H4O4/c1-2-5-14(6-3-1)11-20-18-12-15-13-23-19-8-4-7-17(21(15)19)16(18)9-10-22-20;5-3(6)1-2-4(7)8/h1-3,5-6,8-10,18,20,22-23H,4,7,11-13H2;1-2H,(H,5,6)(H,7,8)/b;2-1-. The summed E-state index contributed by atoms with van der Waals surface area (Å²) in [5.74, 6) is -1.90. The van der Waals surface area contributed by atoms with Crippen LogP contribution in [-0.4, -0.2) is 34.7 Å². The zero-order valence-electron chi connectivity index (χ0n) is 17.2. The quantitative estimate of drug-likeness (QED) is 0.560. The second-order valence-corrected chi connectivity index (χ2v) is 8.04. The van der Waals surface area contributed by atoms with Crippen molar-refractivity contribution in [3.63, 3.8) is 0 Å². The average molecular weight is 418 g/mol. The molecule has 6 heteroatoms. The van der Waals surface area contributed by atoms with Gasteiger partial charge in [-0.2, -0.15) is 0 Å². The highest BCUT2D eigenvalue weighted by molar-refractivity contribution is 5.89. The number of hydrogen-bond acceptors (Lipinski definition) is 4. The largest absolute Gasteiger partial charge is 0.478 e. The third kappa shape index (κ3) is 4.63. The molecule has 2 atom stereocenters. The zero-order valence-corrected chi connectivity index (χ0v) is 17.2. The predicted octanol–water partition coefficient (Wildman–Crippen LogP) is 3.32. The van der Waals surface area contributed by atoms with E-state index < -0.39 is 11.9 Å². The van der Waals surface area contributed by atoms with Gasteiger partial charge in [-0.15, -0.1) is 0 Å². The van der Waals surface area contributed by atoms with Crippen LogP contribution >= 0.6 is 0 Å². The Balaban J connectivity index is 0.000000250. The second kappa shape index (κ2) is 9.08. The predicted molar refractivity (Wildman–Crippen MR) is 118 cm³/mol. The number of aliphatic carboxylic acids is 2. The van der Waals surface area contributed by atoms with Crippen LogP contribution in [0.4, 0.5) is 0 Å². The van der Waals surface area contributed by atoms with E-state index in [0.29, 0.717) is 24.1 Å². The highest BCUT2D eigenvalue weighted by Gasteiger charge is 2.38. The van der Waals surface area contributed by atoms with Crippen LogP contribution in [0.1, 0.15) is 24.8 Å². The molecule has 31 heavy (non-hydrogen) atoms. The lowest BCUT2D eigenvalue weighted by Gasteiger charge is -2.38. The molecule has 2 unspecified atom stereocenters. The molecule has 0 bridgehead atoms. The van der Waals surface area contributed by atoms with Crippen molar-refractivity contribution in [2.45, 2.75) is 31.7 Å². The number of carboxylic acid groups (broad SMARTS) is 2. The van der Waals surface area contributed by atoms with Crippen LogP contribution in [0.25, 0.3) is 0 Å². The highest BCUT2D eigenvalue weighted by Crippen LogP contribution is 2.46. The van der Waals surface area contributed by atoms with Crippen molar-refractivity contribution in [3.8, 4) is 0 Å². The number of rotatable bonds is 4. The van der Waals surface area contributed by atoms with Crippen molar-refractivity contribution in [2.24, 2.45) is 5.92 Å². The van der Waals surface area contributed by atoms with Gasteiger partial charge in [0.05, 0.1) is 0 Å². The first-order valence-electron chi connectivity index (χ1n) is 10.5. The molecule has 1 aromatic rings. The van der Waals surface area contributed by atoms with Crippen LogP contribution in [-0.2, 0) is 16.0 Å². The fraction of sp³-hybridized carbons (Fsp3) is 0.280. The van der Waals surface area contributed by atoms with Crippen molar-refractivity contribution in [1.29, 1.82) is 0 Å². The Morgan fingerprint density at radius 3 is 2.55 bits per heavy atom. The molecule has 6 nitrogen and oxygen atoms in total. The molecule has 0 fully saturated rings. The van der Waals surface area contributed by atoms with Crippen LogP contribution < -0.4 is 10.6 Å². The van der Waals surface area contributed by atoms with Gasteiger partial charge in [0, 0.05) is 41.9 Å². The van der Waals surface area contributed by atoms with E-state index in [1.54, 1.807) is 22.3 Å². The van der Waals surface area contributed by atoms with E-state index in [4.69, 9.17) is 10.2 Å². The van der Waals surface area contributed by atoms with E-state index in [2.05, 4.69) is 59.3 Å². The van der Waals surface area contributed by atoms with Crippen LogP contribution in [0, 0.1) is 5.92 Å². The Kier molecular flexibility index (Phi) is 6.07. The monoisotopic (exact) mass is 418 g/mol. The van der Waals surface area contributed by atoms with Crippen LogP contribution in [0.2, 0.25) is 0 Å². The molecule has 2 aliphatic carbocycles. The Labute approximate surface area is 181 Å². The number of carbonyl (C=O) groups is 2. The van der Waals surface area contributed by atoms with Gasteiger partial charge in [-0.05, 0) is 60.2 Å². The molecule has 0 aromatic heterocycles. The van der Waals surface area contributed by atoms with Crippen LogP contribution in [0.15, 0.2) is 88.8 Å². The normalized spacial score (nSPS) is 23.2. The molecule has 2 aliphatic heterocycles. The lowest BCUT2D eigenvalue weighted by Crippen LogP contribution is -2.40. The fourth-order valence-electron chi connectivity index (χ4n) is 4.84. The number of nitrogens with one attached hydrogen (secondary N) is 2. The van der Waals surface area contributed by atoms with E-state index in [1.165, 1.54) is 30.5 Å². The van der Waals surface area contributed by atoms with Gasteiger partial charge in [-0.1, -0.05) is 36.4 Å². The second-order valence-electron chi connectivity index (χ2n) is 8.04. The minimum atomic E-state index is -1.26. The Hall–Kier alpha value is -3.54. The molecule has 160 valence electrons. The molecular formula is C25H26N2O4. The summed E-state index contributed by atoms with van der Waals surface area (Å²) in [4.78, 5) is 19.1. The lowest BCUT2D eigenvalue weighted by atomic mass is 9.71. The maximum absolute atomic E-state index is 9.55. The summed E-state index contributed by atoms with van der Waals surface area (Å²) < 4.78 is 0. The van der Waals surface area contributed by atoms with Crippen LogP contribution in [0.5, 0.6) is 0 Å². The van der Waals surface area contributed by atoms with Gasteiger partial charge in [0.25, 0.3) is 0 Å². The first-order chi connectivity index (χ1) is 15.0. The molecule has 0 saturated heterocycles. The van der Waals surface area contributed by atoms with Crippen molar-refractivity contribution < 1.29 is 19.8 Å². The number of fused-ring (bicyclic) bond motifs is 1. The van der Waals surface area contributed by atoms with Crippen molar-refractivity contribution in [3.05, 3.63) is 94.4 Å². The summed E-state index contributed by atoms with van der Waals surface area (Å²) >= 11 is 0. The van der Waals surface area contributed by atoms with E-state index in [-0.39, 0.29) is 0 Å². The first kappa shape index (κ1) is 20.7. The molecule has 0 spiro atoms. The summed E-state index contributed by atoms with van der Waals surface area (Å²) in [6.45, 7) is 1.05. The summed E-state index contributed by atoms with van der Waals surface area (Å²) in [5.41, 5.74) is 9.24. The van der Waals surface area contributed by atoms with E-state index in [9.17, 15) is 9.59 Å². The molecule has 5 rings (SSSR count). The van der Waals surface area contributed by atoms with E-state index >= 15 is 0 Å². The summed E-state index contributed by atoms with van der Waals surface area (Å²) in [5, 5.41) is 22.9. The summed E-state index contributed by atoms with van der Waals surface area (Å²) in [7, 11) is 0. The molecule has 4 N–H and O–H groups in total. The fourth-order valence-corrected chi connectivity index (χ4v) is 4.84. The third-order valence-electron chi connectivity index (χ3n) is 6.10. The van der Waals surface area contributed by atoms with Gasteiger partial charge in [-0.3, -0.25) is 0 Å². The topological polar surface area (TPSA) is 98.7 Å². The average Bonchev–Trinajstić information content (AvgIpc) is 3.18. The number of carboxylic acids is 2. The van der Waals surface area contributed by atoms with Gasteiger partial charge in [0.2, 0.25) is 0 Å². The molecule has 2 heterocycles. The molecule has 0 amide bonds. The van der Waals surface area contributed by atoms with Gasteiger partial charge < -0.3 is 20.8 Å². The van der Waals surface area contributed by atoms with E-state index in [1.807, 2.05) is 0 Å². The first-order valence-corrected chi connectivity index (χ1v) is 10.5. The molecule has 1 aromatic carbocycles. The third-order valence-corrected chi connectivity index (χ3v) is 6.10. The highest BCUT2D eigenvalue weighted by atomic mass is 16.4. The Morgan fingerprint density at radius 2 is 1.84 bits per heavy atom. The molecular weight excluding hydrogens is 392 g/mol. The van der Waals surface area contributed by atoms with Crippen LogP contribution in [0.3, 0.4) is 0 Å². The van der Waals surface area contributed by atoms with Gasteiger partial charge in [0.15, 0.2) is 0 Å². The molecule has 0 saturated carbocycles. The van der Waals surface area contributed by atoms with Crippen molar-refractivity contribution >= 4 is 11.9 Å². The van der Waals surface area contributed by atoms with Crippen molar-refractivity contribution in [1.82, 2.24) is 10.6 Å². The minimum Gasteiger partial charge on any atom is -0.478 e. The minimum absolute atomic E-state index is 0.508. The molecule has 4 aliphatic rings. The molecule has 0 radical (unpaired) electrons.